The lowest BCUT2D eigenvalue weighted by atomic mass is 10.2. The van der Waals surface area contributed by atoms with E-state index in [2.05, 4.69) is 31.9 Å². The lowest BCUT2D eigenvalue weighted by molar-refractivity contribution is -0.118. The zero-order valence-corrected chi connectivity index (χ0v) is 19.1. The number of benzene rings is 3. The number of hydrogen-bond donors (Lipinski definition) is 3. The smallest absolute Gasteiger partial charge is 0.262 e. The summed E-state index contributed by atoms with van der Waals surface area (Å²) in [5, 5.41) is 8.46. The number of halogens is 2. The van der Waals surface area contributed by atoms with Gasteiger partial charge in [0, 0.05) is 20.9 Å². The number of rotatable bonds is 8. The first-order valence-corrected chi connectivity index (χ1v) is 10.7. The minimum Gasteiger partial charge on any atom is -0.483 e. The molecule has 3 aromatic carbocycles. The monoisotopic (exact) mass is 515 g/mol. The maximum Gasteiger partial charge on any atom is 0.262 e. The number of anilines is 2. The van der Waals surface area contributed by atoms with Crippen LogP contribution in [0.15, 0.2) is 77.3 Å². The molecule has 3 amide bonds. The molecule has 3 N–H and O–H groups in total. The molecule has 0 fully saturated rings. The number of carbonyl (C=O) groups excluding carboxylic acids is 3. The van der Waals surface area contributed by atoms with Crippen molar-refractivity contribution >= 4 is 56.6 Å². The van der Waals surface area contributed by atoms with Gasteiger partial charge in [0.25, 0.3) is 11.8 Å². The van der Waals surface area contributed by atoms with Gasteiger partial charge in [-0.3, -0.25) is 14.4 Å². The highest BCUT2D eigenvalue weighted by atomic mass is 79.9. The summed E-state index contributed by atoms with van der Waals surface area (Å²) in [5.74, 6) is -1.04. The predicted molar refractivity (Wildman–Crippen MR) is 127 cm³/mol. The molecule has 3 aromatic rings. The number of amides is 3. The molecule has 0 spiro atoms. The summed E-state index contributed by atoms with van der Waals surface area (Å²) in [5.41, 5.74) is 1.40. The zero-order chi connectivity index (χ0) is 22.9. The predicted octanol–water partition coefficient (Wildman–Crippen LogP) is 4.49. The Balaban J connectivity index is 1.52. The van der Waals surface area contributed by atoms with Crippen molar-refractivity contribution < 1.29 is 19.1 Å². The molecular formula is C23H19BrClN3O4. The van der Waals surface area contributed by atoms with E-state index in [1.807, 2.05) is 0 Å². The lowest BCUT2D eigenvalue weighted by Crippen LogP contribution is -2.33. The minimum atomic E-state index is -0.500. The molecule has 0 saturated heterocycles. The second kappa shape index (κ2) is 11.3. The molecular weight excluding hydrogens is 498 g/mol. The van der Waals surface area contributed by atoms with Crippen LogP contribution in [0.3, 0.4) is 0 Å². The fourth-order valence-corrected chi connectivity index (χ4v) is 3.04. The molecule has 0 aliphatic heterocycles. The molecule has 0 bridgehead atoms. The van der Waals surface area contributed by atoms with Crippen molar-refractivity contribution in [3.63, 3.8) is 0 Å². The lowest BCUT2D eigenvalue weighted by Gasteiger charge is -2.12. The first-order valence-electron chi connectivity index (χ1n) is 9.51. The van der Waals surface area contributed by atoms with Gasteiger partial charge < -0.3 is 20.7 Å². The van der Waals surface area contributed by atoms with Crippen molar-refractivity contribution in [2.45, 2.75) is 0 Å². The number of carbonyl (C=O) groups is 3. The molecule has 0 radical (unpaired) electrons. The highest BCUT2D eigenvalue weighted by Crippen LogP contribution is 2.19. The molecule has 0 aromatic heterocycles. The second-order valence-corrected chi connectivity index (χ2v) is 7.93. The molecule has 0 aliphatic carbocycles. The van der Waals surface area contributed by atoms with Gasteiger partial charge in [-0.2, -0.15) is 0 Å². The van der Waals surface area contributed by atoms with E-state index in [4.69, 9.17) is 16.3 Å². The minimum absolute atomic E-state index is 0.211. The fraction of sp³-hybridized carbons (Fsp3) is 0.0870. The van der Waals surface area contributed by atoms with Crippen molar-refractivity contribution in [1.82, 2.24) is 5.32 Å². The van der Waals surface area contributed by atoms with Gasteiger partial charge in [-0.15, -0.1) is 0 Å². The van der Waals surface area contributed by atoms with Crippen LogP contribution in [0.4, 0.5) is 11.4 Å². The molecule has 0 aliphatic rings. The summed E-state index contributed by atoms with van der Waals surface area (Å²) in [6, 6.07) is 20.2. The fourth-order valence-electron chi connectivity index (χ4n) is 2.65. The summed E-state index contributed by atoms with van der Waals surface area (Å²) >= 11 is 9.15. The number of para-hydroxylation sites is 1. The van der Waals surface area contributed by atoms with E-state index in [0.29, 0.717) is 16.4 Å². The van der Waals surface area contributed by atoms with Crippen molar-refractivity contribution in [2.75, 3.05) is 23.8 Å². The van der Waals surface area contributed by atoms with Gasteiger partial charge in [0.05, 0.1) is 12.1 Å². The second-order valence-electron chi connectivity index (χ2n) is 6.58. The van der Waals surface area contributed by atoms with Gasteiger partial charge in [-0.25, -0.2) is 0 Å². The third kappa shape index (κ3) is 7.11. The molecule has 0 unspecified atom stereocenters. The number of nitrogens with one attached hydrogen (secondary N) is 3. The van der Waals surface area contributed by atoms with Crippen molar-refractivity contribution in [2.24, 2.45) is 0 Å². The van der Waals surface area contributed by atoms with E-state index in [-0.39, 0.29) is 30.4 Å². The van der Waals surface area contributed by atoms with Crippen LogP contribution in [-0.2, 0) is 9.59 Å². The maximum atomic E-state index is 12.5. The van der Waals surface area contributed by atoms with E-state index < -0.39 is 11.8 Å². The summed E-state index contributed by atoms with van der Waals surface area (Å²) in [4.78, 5) is 36.8. The molecule has 0 atom stereocenters. The van der Waals surface area contributed by atoms with Crippen molar-refractivity contribution in [1.29, 1.82) is 0 Å². The Hall–Kier alpha value is -3.36. The molecule has 9 heteroatoms. The van der Waals surface area contributed by atoms with Crippen LogP contribution < -0.4 is 20.7 Å². The first kappa shape index (κ1) is 23.3. The largest absolute Gasteiger partial charge is 0.483 e. The van der Waals surface area contributed by atoms with Crippen molar-refractivity contribution in [3.05, 3.63) is 87.9 Å². The van der Waals surface area contributed by atoms with Crippen molar-refractivity contribution in [3.8, 4) is 5.75 Å². The SMILES string of the molecule is O=C(CNC(=O)c1ccccc1OCC(=O)Nc1ccc(Br)cc1)Nc1ccc(Cl)cc1. The summed E-state index contributed by atoms with van der Waals surface area (Å²) < 4.78 is 6.43. The Morgan fingerprint density at radius 1 is 0.812 bits per heavy atom. The van der Waals surface area contributed by atoms with Crippen LogP contribution in [0, 0.1) is 0 Å². The van der Waals surface area contributed by atoms with Crippen LogP contribution in [-0.4, -0.2) is 30.9 Å². The quantitative estimate of drug-likeness (QED) is 0.411. The average molecular weight is 517 g/mol. The van der Waals surface area contributed by atoms with Gasteiger partial charge in [0.2, 0.25) is 5.91 Å². The molecule has 7 nitrogen and oxygen atoms in total. The maximum absolute atomic E-state index is 12.5. The van der Waals surface area contributed by atoms with E-state index in [1.165, 1.54) is 0 Å². The number of hydrogen-bond acceptors (Lipinski definition) is 4. The normalized spacial score (nSPS) is 10.2. The van der Waals surface area contributed by atoms with Crippen LogP contribution in [0.2, 0.25) is 5.02 Å². The molecule has 32 heavy (non-hydrogen) atoms. The third-order valence-electron chi connectivity index (χ3n) is 4.16. The average Bonchev–Trinajstić information content (AvgIpc) is 2.79. The number of ether oxygens (including phenoxy) is 1. The standard InChI is InChI=1S/C23H19BrClN3O4/c24-15-5-9-17(10-6-15)28-22(30)14-32-20-4-2-1-3-19(20)23(31)26-13-21(29)27-18-11-7-16(25)8-12-18/h1-12H,13-14H2,(H,26,31)(H,27,29)(H,28,30). The van der Waals surface area contributed by atoms with Gasteiger partial charge in [-0.1, -0.05) is 39.7 Å². The highest BCUT2D eigenvalue weighted by molar-refractivity contribution is 9.10. The van der Waals surface area contributed by atoms with Crippen LogP contribution >= 0.6 is 27.5 Å². The van der Waals surface area contributed by atoms with E-state index in [0.717, 1.165) is 4.47 Å². The van der Waals surface area contributed by atoms with Crippen LogP contribution in [0.5, 0.6) is 5.75 Å². The Bertz CT molecular complexity index is 1100. The summed E-state index contributed by atoms with van der Waals surface area (Å²) in [6.45, 7) is -0.517. The Labute approximate surface area is 198 Å². The molecule has 0 saturated carbocycles. The molecule has 164 valence electrons. The van der Waals surface area contributed by atoms with Gasteiger partial charge >= 0.3 is 0 Å². The molecule has 3 rings (SSSR count). The Morgan fingerprint density at radius 3 is 2.09 bits per heavy atom. The van der Waals surface area contributed by atoms with E-state index in [9.17, 15) is 14.4 Å². The zero-order valence-electron chi connectivity index (χ0n) is 16.7. The first-order chi connectivity index (χ1) is 15.4. The van der Waals surface area contributed by atoms with Gasteiger partial charge in [0.15, 0.2) is 6.61 Å². The summed E-state index contributed by atoms with van der Waals surface area (Å²) in [7, 11) is 0. The summed E-state index contributed by atoms with van der Waals surface area (Å²) in [6.07, 6.45) is 0. The van der Waals surface area contributed by atoms with Gasteiger partial charge in [-0.05, 0) is 60.7 Å². The van der Waals surface area contributed by atoms with Gasteiger partial charge in [0.1, 0.15) is 5.75 Å². The topological polar surface area (TPSA) is 96.5 Å². The van der Waals surface area contributed by atoms with Crippen LogP contribution in [0.25, 0.3) is 0 Å². The van der Waals surface area contributed by atoms with E-state index in [1.54, 1.807) is 72.8 Å². The van der Waals surface area contributed by atoms with Crippen LogP contribution in [0.1, 0.15) is 10.4 Å². The third-order valence-corrected chi connectivity index (χ3v) is 4.94. The van der Waals surface area contributed by atoms with E-state index >= 15 is 0 Å². The molecule has 0 heterocycles. The Kier molecular flexibility index (Phi) is 8.24. The highest BCUT2D eigenvalue weighted by Gasteiger charge is 2.14. The Morgan fingerprint density at radius 2 is 1.41 bits per heavy atom.